The first-order valence-corrected chi connectivity index (χ1v) is 8.97. The van der Waals surface area contributed by atoms with E-state index < -0.39 is 0 Å². The quantitative estimate of drug-likeness (QED) is 0.727. The molecule has 1 N–H and O–H groups in total. The summed E-state index contributed by atoms with van der Waals surface area (Å²) in [5.74, 6) is 0.120. The number of hydrogen-bond donors (Lipinski definition) is 1. The van der Waals surface area contributed by atoms with Crippen LogP contribution in [0.2, 0.25) is 5.02 Å². The van der Waals surface area contributed by atoms with Gasteiger partial charge in [-0.15, -0.1) is 12.4 Å². The fourth-order valence-corrected chi connectivity index (χ4v) is 2.99. The van der Waals surface area contributed by atoms with Crippen LogP contribution in [0.1, 0.15) is 29.6 Å². The predicted octanol–water partition coefficient (Wildman–Crippen LogP) is 4.54. The fraction of sp³-hybridized carbons (Fsp3) is 0.368. The van der Waals surface area contributed by atoms with Gasteiger partial charge in [-0.1, -0.05) is 18.0 Å². The van der Waals surface area contributed by atoms with Crippen molar-refractivity contribution >= 4 is 41.5 Å². The van der Waals surface area contributed by atoms with Crippen molar-refractivity contribution in [2.45, 2.75) is 19.3 Å². The average molecular weight is 396 g/mol. The molecule has 1 aromatic carbocycles. The summed E-state index contributed by atoms with van der Waals surface area (Å²) in [5, 5.41) is 3.80. The number of hydrogen-bond acceptors (Lipinski definition) is 5. The molecule has 1 fully saturated rings. The molecule has 0 amide bonds. The zero-order chi connectivity index (χ0) is 17.5. The Hall–Kier alpha value is -1.82. The molecule has 0 saturated carbocycles. The van der Waals surface area contributed by atoms with Crippen LogP contribution in [-0.2, 0) is 4.74 Å². The lowest BCUT2D eigenvalue weighted by Crippen LogP contribution is -2.33. The van der Waals surface area contributed by atoms with Gasteiger partial charge in [0.05, 0.1) is 0 Å². The van der Waals surface area contributed by atoms with Gasteiger partial charge in [-0.05, 0) is 62.3 Å². The molecule has 0 unspecified atom stereocenters. The van der Waals surface area contributed by atoms with Crippen molar-refractivity contribution in [1.82, 2.24) is 9.88 Å². The van der Waals surface area contributed by atoms with E-state index >= 15 is 0 Å². The van der Waals surface area contributed by atoms with E-state index in [9.17, 15) is 4.79 Å². The normalized spacial score (nSPS) is 14.3. The third-order valence-electron chi connectivity index (χ3n) is 4.22. The van der Waals surface area contributed by atoms with Crippen molar-refractivity contribution < 1.29 is 9.53 Å². The minimum Gasteiger partial charge on any atom is -0.461 e. The summed E-state index contributed by atoms with van der Waals surface area (Å²) < 4.78 is 5.45. The van der Waals surface area contributed by atoms with Crippen LogP contribution >= 0.6 is 24.0 Å². The highest BCUT2D eigenvalue weighted by molar-refractivity contribution is 6.30. The standard InChI is InChI=1S/C19H22ClN3O2.ClH/c20-15-6-8-16(9-7-15)22-18-17(5-4-10-21-18)19(24)25-14-13-23-11-2-1-3-12-23;/h4-10H,1-3,11-14H2,(H,21,22);1H. The van der Waals surface area contributed by atoms with E-state index in [0.717, 1.165) is 25.3 Å². The molecule has 1 aliphatic heterocycles. The number of ether oxygens (including phenoxy) is 1. The molecule has 2 aromatic rings. The van der Waals surface area contributed by atoms with Gasteiger partial charge in [-0.2, -0.15) is 0 Å². The second kappa shape index (κ2) is 10.4. The maximum Gasteiger partial charge on any atom is 0.341 e. The molecular weight excluding hydrogens is 373 g/mol. The van der Waals surface area contributed by atoms with Crippen LogP contribution in [0.25, 0.3) is 0 Å². The van der Waals surface area contributed by atoms with Crippen LogP contribution < -0.4 is 5.32 Å². The summed E-state index contributed by atoms with van der Waals surface area (Å²) in [4.78, 5) is 19.0. The number of anilines is 2. The molecule has 0 bridgehead atoms. The van der Waals surface area contributed by atoms with Gasteiger partial charge in [0.2, 0.25) is 0 Å². The van der Waals surface area contributed by atoms with Crippen LogP contribution in [0.3, 0.4) is 0 Å². The minimum absolute atomic E-state index is 0. The third kappa shape index (κ3) is 5.87. The molecule has 0 radical (unpaired) electrons. The van der Waals surface area contributed by atoms with Crippen LogP contribution in [0, 0.1) is 0 Å². The van der Waals surface area contributed by atoms with Crippen molar-refractivity contribution in [2.24, 2.45) is 0 Å². The first-order valence-electron chi connectivity index (χ1n) is 8.59. The van der Waals surface area contributed by atoms with Gasteiger partial charge in [-0.3, -0.25) is 4.90 Å². The molecule has 0 spiro atoms. The largest absolute Gasteiger partial charge is 0.461 e. The van der Waals surface area contributed by atoms with Gasteiger partial charge in [-0.25, -0.2) is 9.78 Å². The molecule has 0 aliphatic carbocycles. The number of pyridine rings is 1. The molecule has 0 atom stereocenters. The number of esters is 1. The zero-order valence-electron chi connectivity index (χ0n) is 14.5. The smallest absolute Gasteiger partial charge is 0.341 e. The zero-order valence-corrected chi connectivity index (χ0v) is 16.1. The number of piperidine rings is 1. The van der Waals surface area contributed by atoms with E-state index in [4.69, 9.17) is 16.3 Å². The average Bonchev–Trinajstić information content (AvgIpc) is 2.65. The predicted molar refractivity (Wildman–Crippen MR) is 107 cm³/mol. The molecule has 3 rings (SSSR count). The van der Waals surface area contributed by atoms with Crippen LogP contribution in [0.4, 0.5) is 11.5 Å². The van der Waals surface area contributed by atoms with Crippen molar-refractivity contribution in [1.29, 1.82) is 0 Å². The summed E-state index contributed by atoms with van der Waals surface area (Å²) in [7, 11) is 0. The number of aromatic nitrogens is 1. The van der Waals surface area contributed by atoms with Crippen LogP contribution in [-0.4, -0.2) is 42.1 Å². The van der Waals surface area contributed by atoms with E-state index in [1.807, 2.05) is 12.1 Å². The third-order valence-corrected chi connectivity index (χ3v) is 4.48. The van der Waals surface area contributed by atoms with E-state index in [1.165, 1.54) is 19.3 Å². The summed E-state index contributed by atoms with van der Waals surface area (Å²) >= 11 is 5.90. The number of likely N-dealkylation sites (tertiary alicyclic amines) is 1. The summed E-state index contributed by atoms with van der Waals surface area (Å²) in [6.45, 7) is 3.36. The summed E-state index contributed by atoms with van der Waals surface area (Å²) in [5.41, 5.74) is 1.24. The molecule has 2 heterocycles. The maximum absolute atomic E-state index is 12.4. The van der Waals surface area contributed by atoms with Crippen molar-refractivity contribution in [3.63, 3.8) is 0 Å². The monoisotopic (exact) mass is 395 g/mol. The van der Waals surface area contributed by atoms with Gasteiger partial charge >= 0.3 is 5.97 Å². The van der Waals surface area contributed by atoms with Crippen molar-refractivity contribution in [2.75, 3.05) is 31.6 Å². The van der Waals surface area contributed by atoms with E-state index in [0.29, 0.717) is 23.0 Å². The van der Waals surface area contributed by atoms with Gasteiger partial charge in [0.1, 0.15) is 18.0 Å². The first kappa shape index (κ1) is 20.5. The number of halogens is 2. The van der Waals surface area contributed by atoms with E-state index in [-0.39, 0.29) is 18.4 Å². The highest BCUT2D eigenvalue weighted by atomic mass is 35.5. The van der Waals surface area contributed by atoms with Crippen molar-refractivity contribution in [3.8, 4) is 0 Å². The highest BCUT2D eigenvalue weighted by Gasteiger charge is 2.15. The van der Waals surface area contributed by atoms with Crippen LogP contribution in [0.15, 0.2) is 42.6 Å². The molecular formula is C19H23Cl2N3O2. The molecule has 1 aliphatic rings. The first-order chi connectivity index (χ1) is 12.2. The Labute approximate surface area is 165 Å². The SMILES string of the molecule is Cl.O=C(OCCN1CCCCC1)c1cccnc1Nc1ccc(Cl)cc1. The Morgan fingerprint density at radius 2 is 1.88 bits per heavy atom. The number of nitrogens with one attached hydrogen (secondary N) is 1. The molecule has 26 heavy (non-hydrogen) atoms. The lowest BCUT2D eigenvalue weighted by atomic mass is 10.1. The number of nitrogens with zero attached hydrogens (tertiary/aromatic N) is 2. The van der Waals surface area contributed by atoms with Gasteiger partial charge < -0.3 is 10.1 Å². The Kier molecular flexibility index (Phi) is 8.16. The highest BCUT2D eigenvalue weighted by Crippen LogP contribution is 2.21. The number of carbonyl (C=O) groups is 1. The maximum atomic E-state index is 12.4. The molecule has 140 valence electrons. The lowest BCUT2D eigenvalue weighted by Gasteiger charge is -2.25. The molecule has 1 saturated heterocycles. The molecule has 1 aromatic heterocycles. The number of carbonyl (C=O) groups excluding carboxylic acids is 1. The molecule has 5 nitrogen and oxygen atoms in total. The van der Waals surface area contributed by atoms with Gasteiger partial charge in [0.15, 0.2) is 0 Å². The summed E-state index contributed by atoms with van der Waals surface area (Å²) in [6.07, 6.45) is 5.39. The van der Waals surface area contributed by atoms with Crippen LogP contribution in [0.5, 0.6) is 0 Å². The summed E-state index contributed by atoms with van der Waals surface area (Å²) in [6, 6.07) is 10.7. The van der Waals surface area contributed by atoms with E-state index in [1.54, 1.807) is 30.5 Å². The Morgan fingerprint density at radius 3 is 2.62 bits per heavy atom. The minimum atomic E-state index is -0.360. The number of rotatable bonds is 6. The second-order valence-corrected chi connectivity index (χ2v) is 6.51. The Bertz CT molecular complexity index is 704. The van der Waals surface area contributed by atoms with Gasteiger partial charge in [0.25, 0.3) is 0 Å². The second-order valence-electron chi connectivity index (χ2n) is 6.07. The fourth-order valence-electron chi connectivity index (χ4n) is 2.87. The van der Waals surface area contributed by atoms with Crippen molar-refractivity contribution in [3.05, 3.63) is 53.2 Å². The Morgan fingerprint density at radius 1 is 1.15 bits per heavy atom. The van der Waals surface area contributed by atoms with Gasteiger partial charge in [0, 0.05) is 23.5 Å². The van der Waals surface area contributed by atoms with E-state index in [2.05, 4.69) is 15.2 Å². The Balaban J connectivity index is 0.00000243. The number of benzene rings is 1. The molecule has 7 heteroatoms. The topological polar surface area (TPSA) is 54.5 Å². The lowest BCUT2D eigenvalue weighted by molar-refractivity contribution is 0.0453.